The minimum Gasteiger partial charge on any atom is -0.497 e. The molecule has 0 unspecified atom stereocenters. The lowest BCUT2D eigenvalue weighted by molar-refractivity contribution is -0.138. The van der Waals surface area contributed by atoms with Crippen molar-refractivity contribution in [2.45, 2.75) is 13.0 Å². The molecule has 0 aliphatic carbocycles. The van der Waals surface area contributed by atoms with Crippen LogP contribution in [-0.4, -0.2) is 50.2 Å². The predicted octanol–water partition coefficient (Wildman–Crippen LogP) is 3.57. The summed E-state index contributed by atoms with van der Waals surface area (Å²) in [6.45, 7) is 4.81. The summed E-state index contributed by atoms with van der Waals surface area (Å²) in [6.07, 6.45) is -0.497. The Balaban J connectivity index is 1.53. The van der Waals surface area contributed by atoms with Crippen LogP contribution in [0.4, 0.5) is 5.69 Å². The summed E-state index contributed by atoms with van der Waals surface area (Å²) in [7, 11) is 1.66. The predicted molar refractivity (Wildman–Crippen MR) is 106 cm³/mol. The summed E-state index contributed by atoms with van der Waals surface area (Å²) in [5, 5.41) is 0. The fourth-order valence-corrected chi connectivity index (χ4v) is 3.27. The highest BCUT2D eigenvalue weighted by atomic mass is 79.9. The Hall–Kier alpha value is -2.21. The van der Waals surface area contributed by atoms with E-state index in [1.54, 1.807) is 14.0 Å². The third kappa shape index (κ3) is 4.49. The molecule has 1 saturated heterocycles. The van der Waals surface area contributed by atoms with E-state index in [9.17, 15) is 4.79 Å². The van der Waals surface area contributed by atoms with Crippen LogP contribution in [0.3, 0.4) is 0 Å². The molecule has 1 fully saturated rings. The van der Waals surface area contributed by atoms with Gasteiger partial charge in [-0.25, -0.2) is 0 Å². The van der Waals surface area contributed by atoms with Crippen molar-refractivity contribution in [3.63, 3.8) is 0 Å². The number of benzene rings is 2. The molecule has 5 nitrogen and oxygen atoms in total. The standard InChI is InChI=1S/C20H23BrN2O3/c1-15(26-19-7-3-16(21)4-8-19)20(24)23-13-11-22(12-14-23)17-5-9-18(25-2)10-6-17/h3-10,15H,11-14H2,1-2H3/t15-/m0/s1. The molecule has 1 heterocycles. The summed E-state index contributed by atoms with van der Waals surface area (Å²) in [6, 6.07) is 15.5. The van der Waals surface area contributed by atoms with Crippen molar-refractivity contribution in [2.24, 2.45) is 0 Å². The van der Waals surface area contributed by atoms with Crippen LogP contribution in [0.25, 0.3) is 0 Å². The molecule has 0 saturated carbocycles. The summed E-state index contributed by atoms with van der Waals surface area (Å²) >= 11 is 3.39. The maximum Gasteiger partial charge on any atom is 0.263 e. The summed E-state index contributed by atoms with van der Waals surface area (Å²) in [5.74, 6) is 1.58. The van der Waals surface area contributed by atoms with Crippen LogP contribution >= 0.6 is 15.9 Å². The van der Waals surface area contributed by atoms with Crippen LogP contribution in [0.15, 0.2) is 53.0 Å². The number of piperazine rings is 1. The molecule has 1 aliphatic heterocycles. The first-order valence-corrected chi connectivity index (χ1v) is 9.46. The van der Waals surface area contributed by atoms with Crippen LogP contribution in [0, 0.1) is 0 Å². The molecule has 0 bridgehead atoms. The van der Waals surface area contributed by atoms with Gasteiger partial charge in [0.2, 0.25) is 0 Å². The van der Waals surface area contributed by atoms with Crippen molar-refractivity contribution >= 4 is 27.5 Å². The van der Waals surface area contributed by atoms with E-state index in [1.807, 2.05) is 41.3 Å². The number of nitrogens with zero attached hydrogens (tertiary/aromatic N) is 2. The van der Waals surface area contributed by atoms with Gasteiger partial charge in [-0.05, 0) is 55.5 Å². The summed E-state index contributed by atoms with van der Waals surface area (Å²) in [5.41, 5.74) is 1.15. The Bertz CT molecular complexity index is 726. The molecule has 6 heteroatoms. The summed E-state index contributed by atoms with van der Waals surface area (Å²) < 4.78 is 12.0. The lowest BCUT2D eigenvalue weighted by Gasteiger charge is -2.37. The molecule has 3 rings (SSSR count). The van der Waals surface area contributed by atoms with E-state index in [0.717, 1.165) is 29.0 Å². The van der Waals surface area contributed by atoms with Crippen molar-refractivity contribution in [3.8, 4) is 11.5 Å². The van der Waals surface area contributed by atoms with Gasteiger partial charge in [-0.15, -0.1) is 0 Å². The van der Waals surface area contributed by atoms with Gasteiger partial charge in [0.05, 0.1) is 7.11 Å². The molecule has 1 atom stereocenters. The van der Waals surface area contributed by atoms with Crippen molar-refractivity contribution in [1.82, 2.24) is 4.90 Å². The molecule has 138 valence electrons. The van der Waals surface area contributed by atoms with Crippen molar-refractivity contribution < 1.29 is 14.3 Å². The van der Waals surface area contributed by atoms with Crippen molar-refractivity contribution in [3.05, 3.63) is 53.0 Å². The Labute approximate surface area is 162 Å². The molecule has 0 N–H and O–H groups in total. The van der Waals surface area contributed by atoms with Gasteiger partial charge in [0.1, 0.15) is 11.5 Å². The highest BCUT2D eigenvalue weighted by molar-refractivity contribution is 9.10. The smallest absolute Gasteiger partial charge is 0.263 e. The van der Waals surface area contributed by atoms with Crippen molar-refractivity contribution in [2.75, 3.05) is 38.2 Å². The number of halogens is 1. The van der Waals surface area contributed by atoms with Gasteiger partial charge >= 0.3 is 0 Å². The first-order chi connectivity index (χ1) is 12.6. The number of carbonyl (C=O) groups is 1. The van der Waals surface area contributed by atoms with Gasteiger partial charge < -0.3 is 19.3 Å². The van der Waals surface area contributed by atoms with Gasteiger partial charge in [-0.3, -0.25) is 4.79 Å². The number of hydrogen-bond acceptors (Lipinski definition) is 4. The second kappa shape index (κ2) is 8.45. The quantitative estimate of drug-likeness (QED) is 0.743. The number of amides is 1. The zero-order chi connectivity index (χ0) is 18.5. The van der Waals surface area contributed by atoms with E-state index in [0.29, 0.717) is 18.8 Å². The molecule has 2 aromatic carbocycles. The number of rotatable bonds is 5. The lowest BCUT2D eigenvalue weighted by atomic mass is 10.2. The molecule has 1 amide bonds. The second-order valence-electron chi connectivity index (χ2n) is 6.22. The van der Waals surface area contributed by atoms with Gasteiger partial charge in [-0.2, -0.15) is 0 Å². The Morgan fingerprint density at radius 3 is 2.12 bits per heavy atom. The van der Waals surface area contributed by atoms with Crippen LogP contribution in [0.2, 0.25) is 0 Å². The Morgan fingerprint density at radius 2 is 1.54 bits per heavy atom. The highest BCUT2D eigenvalue weighted by Gasteiger charge is 2.26. The van der Waals surface area contributed by atoms with E-state index in [-0.39, 0.29) is 5.91 Å². The normalized spacial score (nSPS) is 15.5. The number of carbonyl (C=O) groups excluding carboxylic acids is 1. The Morgan fingerprint density at radius 1 is 0.962 bits per heavy atom. The fraction of sp³-hybridized carbons (Fsp3) is 0.350. The van der Waals surface area contributed by atoms with E-state index in [1.165, 1.54) is 0 Å². The van der Waals surface area contributed by atoms with Crippen LogP contribution in [0.5, 0.6) is 11.5 Å². The lowest BCUT2D eigenvalue weighted by Crippen LogP contribution is -2.52. The topological polar surface area (TPSA) is 42.0 Å². The first-order valence-electron chi connectivity index (χ1n) is 8.67. The molecular formula is C20H23BrN2O3. The number of anilines is 1. The van der Waals surface area contributed by atoms with E-state index >= 15 is 0 Å². The first kappa shape index (κ1) is 18.6. The van der Waals surface area contributed by atoms with Crippen LogP contribution in [-0.2, 0) is 4.79 Å². The van der Waals surface area contributed by atoms with Gasteiger partial charge in [-0.1, -0.05) is 15.9 Å². The molecule has 0 aromatic heterocycles. The largest absolute Gasteiger partial charge is 0.497 e. The molecule has 0 spiro atoms. The van der Waals surface area contributed by atoms with E-state index in [2.05, 4.69) is 33.0 Å². The number of ether oxygens (including phenoxy) is 2. The number of methoxy groups -OCH3 is 1. The third-order valence-electron chi connectivity index (χ3n) is 4.50. The minimum atomic E-state index is -0.497. The average molecular weight is 419 g/mol. The van der Waals surface area contributed by atoms with Gasteiger partial charge in [0.15, 0.2) is 6.10 Å². The zero-order valence-electron chi connectivity index (χ0n) is 15.0. The maximum atomic E-state index is 12.7. The molecule has 26 heavy (non-hydrogen) atoms. The van der Waals surface area contributed by atoms with Gasteiger partial charge in [0.25, 0.3) is 5.91 Å². The monoisotopic (exact) mass is 418 g/mol. The van der Waals surface area contributed by atoms with Crippen molar-refractivity contribution in [1.29, 1.82) is 0 Å². The van der Waals surface area contributed by atoms with Gasteiger partial charge in [0, 0.05) is 36.3 Å². The zero-order valence-corrected chi connectivity index (χ0v) is 16.6. The van der Waals surface area contributed by atoms with Crippen LogP contribution < -0.4 is 14.4 Å². The van der Waals surface area contributed by atoms with E-state index < -0.39 is 6.10 Å². The van der Waals surface area contributed by atoms with E-state index in [4.69, 9.17) is 9.47 Å². The Kier molecular flexibility index (Phi) is 6.04. The summed E-state index contributed by atoms with van der Waals surface area (Å²) in [4.78, 5) is 16.8. The average Bonchev–Trinajstić information content (AvgIpc) is 2.69. The third-order valence-corrected chi connectivity index (χ3v) is 5.03. The maximum absolute atomic E-state index is 12.7. The molecule has 2 aromatic rings. The number of hydrogen-bond donors (Lipinski definition) is 0. The second-order valence-corrected chi connectivity index (χ2v) is 7.14. The fourth-order valence-electron chi connectivity index (χ4n) is 3.00. The highest BCUT2D eigenvalue weighted by Crippen LogP contribution is 2.21. The molecule has 0 radical (unpaired) electrons. The SMILES string of the molecule is COc1ccc(N2CCN(C(=O)[C@H](C)Oc3ccc(Br)cc3)CC2)cc1. The van der Waals surface area contributed by atoms with Crippen LogP contribution in [0.1, 0.15) is 6.92 Å². The molecule has 1 aliphatic rings. The molecular weight excluding hydrogens is 396 g/mol. The minimum absolute atomic E-state index is 0.0299.